The van der Waals surface area contributed by atoms with Crippen LogP contribution in [0.1, 0.15) is 42.4 Å². The van der Waals surface area contributed by atoms with Gasteiger partial charge in [-0.05, 0) is 12.3 Å². The molecule has 0 unspecified atom stereocenters. The lowest BCUT2D eigenvalue weighted by Gasteiger charge is -2.16. The molecule has 82 valence electrons. The van der Waals surface area contributed by atoms with Crippen molar-refractivity contribution in [3.05, 3.63) is 11.4 Å². The predicted octanol–water partition coefficient (Wildman–Crippen LogP) is 1.52. The Morgan fingerprint density at radius 2 is 2.33 bits per heavy atom. The zero-order valence-electron chi connectivity index (χ0n) is 8.95. The largest absolute Gasteiger partial charge is 0.477 e. The van der Waals surface area contributed by atoms with Gasteiger partial charge in [-0.1, -0.05) is 13.8 Å². The third kappa shape index (κ3) is 1.58. The lowest BCUT2D eigenvalue weighted by molar-refractivity contribution is 0.0683. The first-order chi connectivity index (χ1) is 7.11. The van der Waals surface area contributed by atoms with Gasteiger partial charge in [-0.3, -0.25) is 0 Å². The summed E-state index contributed by atoms with van der Waals surface area (Å²) in [5.41, 5.74) is 1.01. The van der Waals surface area contributed by atoms with Crippen molar-refractivity contribution in [1.29, 1.82) is 0 Å². The first-order valence-electron chi connectivity index (χ1n) is 5.19. The number of carbonyl (C=O) groups is 1. The van der Waals surface area contributed by atoms with E-state index in [0.717, 1.165) is 19.5 Å². The topological polar surface area (TPSA) is 67.2 Å². The Kier molecular flexibility index (Phi) is 2.38. The predicted molar refractivity (Wildman–Crippen MR) is 56.4 cm³/mol. The molecule has 1 aromatic rings. The summed E-state index contributed by atoms with van der Waals surface area (Å²) in [6.45, 7) is 5.53. The number of carboxylic acids is 1. The van der Waals surface area contributed by atoms with Gasteiger partial charge in [-0.15, -0.1) is 0 Å². The van der Waals surface area contributed by atoms with E-state index in [1.165, 1.54) is 0 Å². The van der Waals surface area contributed by atoms with Gasteiger partial charge in [0.05, 0.1) is 5.69 Å². The minimum absolute atomic E-state index is 0.135. The fraction of sp³-hybridized carbons (Fsp3) is 0.600. The maximum absolute atomic E-state index is 11.2. The summed E-state index contributed by atoms with van der Waals surface area (Å²) < 4.78 is 1.77. The zero-order chi connectivity index (χ0) is 11.0. The van der Waals surface area contributed by atoms with Crippen molar-refractivity contribution >= 4 is 11.9 Å². The molecule has 15 heavy (non-hydrogen) atoms. The second-order valence-corrected chi connectivity index (χ2v) is 4.06. The van der Waals surface area contributed by atoms with Crippen molar-refractivity contribution in [2.75, 3.05) is 11.9 Å². The number of anilines is 1. The van der Waals surface area contributed by atoms with Gasteiger partial charge in [0.1, 0.15) is 0 Å². The van der Waals surface area contributed by atoms with Gasteiger partial charge in [0, 0.05) is 13.1 Å². The van der Waals surface area contributed by atoms with Crippen molar-refractivity contribution < 1.29 is 9.90 Å². The molecule has 0 fully saturated rings. The van der Waals surface area contributed by atoms with Gasteiger partial charge >= 0.3 is 5.97 Å². The van der Waals surface area contributed by atoms with Gasteiger partial charge in [-0.2, -0.15) is 0 Å². The number of hydrogen-bond donors (Lipinski definition) is 2. The maximum atomic E-state index is 11.2. The Hall–Kier alpha value is -1.52. The van der Waals surface area contributed by atoms with Crippen LogP contribution in [0, 0.1) is 0 Å². The molecule has 1 aliphatic rings. The lowest BCUT2D eigenvalue weighted by atomic mass is 10.1. The molecule has 0 amide bonds. The van der Waals surface area contributed by atoms with Gasteiger partial charge in [-0.25, -0.2) is 9.78 Å². The first kappa shape index (κ1) is 10.0. The highest BCUT2D eigenvalue weighted by molar-refractivity contribution is 5.88. The van der Waals surface area contributed by atoms with Crippen molar-refractivity contribution in [2.24, 2.45) is 0 Å². The SMILES string of the molecule is CC(C)c1nc2n(c1C(=O)O)CCCN2. The van der Waals surface area contributed by atoms with E-state index in [1.54, 1.807) is 4.57 Å². The van der Waals surface area contributed by atoms with E-state index < -0.39 is 5.97 Å². The number of fused-ring (bicyclic) bond motifs is 1. The van der Waals surface area contributed by atoms with Crippen LogP contribution in [0.5, 0.6) is 0 Å². The van der Waals surface area contributed by atoms with Crippen LogP contribution in [0.2, 0.25) is 0 Å². The number of nitrogens with zero attached hydrogens (tertiary/aromatic N) is 2. The molecule has 2 N–H and O–H groups in total. The second kappa shape index (κ2) is 3.56. The van der Waals surface area contributed by atoms with Crippen LogP contribution in [0.15, 0.2) is 0 Å². The van der Waals surface area contributed by atoms with E-state index >= 15 is 0 Å². The summed E-state index contributed by atoms with van der Waals surface area (Å²) in [5.74, 6) is -0.0560. The lowest BCUT2D eigenvalue weighted by Crippen LogP contribution is -2.20. The van der Waals surface area contributed by atoms with Gasteiger partial charge < -0.3 is 15.0 Å². The summed E-state index contributed by atoms with van der Waals surface area (Å²) in [4.78, 5) is 15.5. The monoisotopic (exact) mass is 209 g/mol. The fourth-order valence-corrected chi connectivity index (χ4v) is 1.89. The van der Waals surface area contributed by atoms with Crippen molar-refractivity contribution in [3.8, 4) is 0 Å². The molecule has 0 bridgehead atoms. The molecule has 2 rings (SSSR count). The van der Waals surface area contributed by atoms with Crippen LogP contribution in [-0.2, 0) is 6.54 Å². The molecule has 0 aliphatic carbocycles. The molecule has 1 aliphatic heterocycles. The van der Waals surface area contributed by atoms with E-state index in [4.69, 9.17) is 0 Å². The zero-order valence-corrected chi connectivity index (χ0v) is 8.95. The molecular weight excluding hydrogens is 194 g/mol. The second-order valence-electron chi connectivity index (χ2n) is 4.06. The molecule has 0 spiro atoms. The number of carboxylic acid groups (broad SMARTS) is 1. The van der Waals surface area contributed by atoms with Crippen molar-refractivity contribution in [2.45, 2.75) is 32.7 Å². The van der Waals surface area contributed by atoms with Crippen LogP contribution in [-0.4, -0.2) is 27.2 Å². The standard InChI is InChI=1S/C10H15N3O2/c1-6(2)7-8(9(14)15)13-5-3-4-11-10(13)12-7/h6H,3-5H2,1-2H3,(H,11,12)(H,14,15). The Labute approximate surface area is 88.1 Å². The number of nitrogens with one attached hydrogen (secondary N) is 1. The van der Waals surface area contributed by atoms with Gasteiger partial charge in [0.2, 0.25) is 5.95 Å². The van der Waals surface area contributed by atoms with E-state index in [0.29, 0.717) is 17.3 Å². The van der Waals surface area contributed by atoms with Crippen molar-refractivity contribution in [1.82, 2.24) is 9.55 Å². The highest BCUT2D eigenvalue weighted by Crippen LogP contribution is 2.25. The summed E-state index contributed by atoms with van der Waals surface area (Å²) in [7, 11) is 0. The number of imidazole rings is 1. The highest BCUT2D eigenvalue weighted by atomic mass is 16.4. The first-order valence-corrected chi connectivity index (χ1v) is 5.19. The van der Waals surface area contributed by atoms with E-state index in [2.05, 4.69) is 10.3 Å². The number of aromatic nitrogens is 2. The maximum Gasteiger partial charge on any atom is 0.354 e. The van der Waals surface area contributed by atoms with Gasteiger partial charge in [0.15, 0.2) is 5.69 Å². The fourth-order valence-electron chi connectivity index (χ4n) is 1.89. The molecule has 5 nitrogen and oxygen atoms in total. The smallest absolute Gasteiger partial charge is 0.354 e. The molecule has 0 atom stereocenters. The van der Waals surface area contributed by atoms with Crippen molar-refractivity contribution in [3.63, 3.8) is 0 Å². The summed E-state index contributed by atoms with van der Waals surface area (Å²) in [6, 6.07) is 0. The van der Waals surface area contributed by atoms with Crippen LogP contribution in [0.3, 0.4) is 0 Å². The minimum Gasteiger partial charge on any atom is -0.477 e. The minimum atomic E-state index is -0.888. The average Bonchev–Trinajstić information content (AvgIpc) is 2.56. The molecule has 0 radical (unpaired) electrons. The van der Waals surface area contributed by atoms with Crippen LogP contribution in [0.25, 0.3) is 0 Å². The average molecular weight is 209 g/mol. The van der Waals surface area contributed by atoms with Crippen LogP contribution in [0.4, 0.5) is 5.95 Å². The Morgan fingerprint density at radius 1 is 1.60 bits per heavy atom. The van der Waals surface area contributed by atoms with E-state index in [1.807, 2.05) is 13.8 Å². The normalized spacial score (nSPS) is 14.9. The molecule has 5 heteroatoms. The quantitative estimate of drug-likeness (QED) is 0.775. The number of hydrogen-bond acceptors (Lipinski definition) is 3. The summed E-state index contributed by atoms with van der Waals surface area (Å²) in [5, 5.41) is 12.3. The summed E-state index contributed by atoms with van der Waals surface area (Å²) in [6.07, 6.45) is 0.946. The number of aromatic carboxylic acids is 1. The Balaban J connectivity index is 2.56. The van der Waals surface area contributed by atoms with Crippen LogP contribution >= 0.6 is 0 Å². The Bertz CT molecular complexity index is 396. The van der Waals surface area contributed by atoms with E-state index in [9.17, 15) is 9.90 Å². The van der Waals surface area contributed by atoms with Crippen LogP contribution < -0.4 is 5.32 Å². The molecule has 0 aromatic carbocycles. The highest BCUT2D eigenvalue weighted by Gasteiger charge is 2.25. The third-order valence-corrected chi connectivity index (χ3v) is 2.59. The molecule has 0 saturated heterocycles. The molecule has 1 aromatic heterocycles. The van der Waals surface area contributed by atoms with Gasteiger partial charge in [0.25, 0.3) is 0 Å². The Morgan fingerprint density at radius 3 is 2.93 bits per heavy atom. The molecular formula is C10H15N3O2. The molecule has 2 heterocycles. The summed E-state index contributed by atoms with van der Waals surface area (Å²) >= 11 is 0. The number of rotatable bonds is 2. The molecule has 0 saturated carbocycles. The third-order valence-electron chi connectivity index (χ3n) is 2.59. The van der Waals surface area contributed by atoms with E-state index in [-0.39, 0.29) is 5.92 Å².